The summed E-state index contributed by atoms with van der Waals surface area (Å²) in [5, 5.41) is 3.68. The summed E-state index contributed by atoms with van der Waals surface area (Å²) >= 11 is 0. The smallest absolute Gasteiger partial charge is 0.287 e. The fraction of sp³-hybridized carbons (Fsp3) is 0.333. The lowest BCUT2D eigenvalue weighted by Gasteiger charge is -2.23. The van der Waals surface area contributed by atoms with Crippen molar-refractivity contribution < 1.29 is 14.0 Å². The number of para-hydroxylation sites is 1. The second kappa shape index (κ2) is 4.88. The summed E-state index contributed by atoms with van der Waals surface area (Å²) in [5.74, 6) is -1.03. The Morgan fingerprint density at radius 2 is 1.95 bits per heavy atom. The molecule has 0 aliphatic heterocycles. The van der Waals surface area contributed by atoms with Crippen molar-refractivity contribution in [1.29, 1.82) is 0 Å². The number of benzene rings is 1. The number of carbonyl (C=O) groups excluding carboxylic acids is 2. The summed E-state index contributed by atoms with van der Waals surface area (Å²) < 4.78 is 5.51. The molecule has 0 radical (unpaired) electrons. The molecule has 0 unspecified atom stereocenters. The Morgan fingerprint density at radius 3 is 2.63 bits per heavy atom. The summed E-state index contributed by atoms with van der Waals surface area (Å²) in [5.41, 5.74) is 1.54. The third-order valence-electron chi connectivity index (χ3n) is 3.22. The van der Waals surface area contributed by atoms with E-state index in [1.807, 2.05) is 38.1 Å². The van der Waals surface area contributed by atoms with Gasteiger partial charge in [-0.3, -0.25) is 9.59 Å². The van der Waals surface area contributed by atoms with Crippen LogP contribution in [0.5, 0.6) is 0 Å². The number of amides is 1. The minimum atomic E-state index is -0.555. The molecule has 1 amide bonds. The summed E-state index contributed by atoms with van der Waals surface area (Å²) in [6.45, 7) is 5.65. The van der Waals surface area contributed by atoms with E-state index in [0.29, 0.717) is 6.54 Å². The largest absolute Gasteiger partial charge is 0.464 e. The molecule has 4 heteroatoms. The molecule has 0 bridgehead atoms. The van der Waals surface area contributed by atoms with Gasteiger partial charge < -0.3 is 9.73 Å². The van der Waals surface area contributed by atoms with E-state index in [9.17, 15) is 9.59 Å². The molecule has 0 aliphatic rings. The molecule has 0 fully saturated rings. The standard InChI is InChI=1S/C15H17NO3/c1-10(17)14(18)16-9-15(2,3)12-8-19-13-7-5-4-6-11(12)13/h4-8H,9H2,1-3H3,(H,16,18). The lowest BCUT2D eigenvalue weighted by Crippen LogP contribution is -2.39. The van der Waals surface area contributed by atoms with Crippen LogP contribution in [0.2, 0.25) is 0 Å². The zero-order chi connectivity index (χ0) is 14.0. The summed E-state index contributed by atoms with van der Waals surface area (Å²) in [6.07, 6.45) is 1.71. The maximum absolute atomic E-state index is 11.3. The quantitative estimate of drug-likeness (QED) is 0.858. The molecule has 1 N–H and O–H groups in total. The molecule has 1 aromatic carbocycles. The van der Waals surface area contributed by atoms with Crippen molar-refractivity contribution in [2.45, 2.75) is 26.2 Å². The highest BCUT2D eigenvalue weighted by Gasteiger charge is 2.26. The van der Waals surface area contributed by atoms with Crippen molar-refractivity contribution in [3.8, 4) is 0 Å². The molecule has 0 saturated heterocycles. The van der Waals surface area contributed by atoms with Gasteiger partial charge in [-0.05, 0) is 6.07 Å². The predicted octanol–water partition coefficient (Wildman–Crippen LogP) is 2.42. The molecule has 2 aromatic rings. The first-order valence-electron chi connectivity index (χ1n) is 6.17. The Labute approximate surface area is 111 Å². The number of rotatable bonds is 4. The zero-order valence-corrected chi connectivity index (χ0v) is 11.3. The molecule has 0 saturated carbocycles. The molecule has 4 nitrogen and oxygen atoms in total. The maximum Gasteiger partial charge on any atom is 0.287 e. The van der Waals surface area contributed by atoms with Crippen molar-refractivity contribution in [3.05, 3.63) is 36.1 Å². The summed E-state index contributed by atoms with van der Waals surface area (Å²) in [6, 6.07) is 7.76. The van der Waals surface area contributed by atoms with Crippen molar-refractivity contribution in [1.82, 2.24) is 5.32 Å². The fourth-order valence-corrected chi connectivity index (χ4v) is 2.02. The Kier molecular flexibility index (Phi) is 3.42. The number of nitrogens with one attached hydrogen (secondary N) is 1. The second-order valence-corrected chi connectivity index (χ2v) is 5.27. The number of Topliss-reactive ketones (excluding diaryl/α,β-unsaturated/α-hetero) is 1. The van der Waals surface area contributed by atoms with Crippen LogP contribution in [0.15, 0.2) is 34.9 Å². The van der Waals surface area contributed by atoms with Crippen LogP contribution in [0.25, 0.3) is 11.0 Å². The van der Waals surface area contributed by atoms with Gasteiger partial charge in [-0.2, -0.15) is 0 Å². The van der Waals surface area contributed by atoms with Crippen LogP contribution in [0.1, 0.15) is 26.3 Å². The average Bonchev–Trinajstić information content (AvgIpc) is 2.80. The van der Waals surface area contributed by atoms with Crippen LogP contribution in [0.3, 0.4) is 0 Å². The number of hydrogen-bond acceptors (Lipinski definition) is 3. The molecule has 2 rings (SSSR count). The van der Waals surface area contributed by atoms with Crippen molar-refractivity contribution in [3.63, 3.8) is 0 Å². The number of hydrogen-bond donors (Lipinski definition) is 1. The van der Waals surface area contributed by atoms with Gasteiger partial charge in [-0.15, -0.1) is 0 Å². The van der Waals surface area contributed by atoms with Crippen molar-refractivity contribution in [2.75, 3.05) is 6.54 Å². The summed E-state index contributed by atoms with van der Waals surface area (Å²) in [4.78, 5) is 22.3. The van der Waals surface area contributed by atoms with Crippen LogP contribution in [0, 0.1) is 0 Å². The van der Waals surface area contributed by atoms with Crippen molar-refractivity contribution in [2.24, 2.45) is 0 Å². The molecule has 0 aliphatic carbocycles. The summed E-state index contributed by atoms with van der Waals surface area (Å²) in [7, 11) is 0. The van der Waals surface area contributed by atoms with Gasteiger partial charge in [0.05, 0.1) is 6.26 Å². The van der Waals surface area contributed by atoms with E-state index in [1.165, 1.54) is 6.92 Å². The zero-order valence-electron chi connectivity index (χ0n) is 11.3. The number of ketones is 1. The van der Waals surface area contributed by atoms with E-state index in [1.54, 1.807) is 6.26 Å². The second-order valence-electron chi connectivity index (χ2n) is 5.27. The molecule has 0 spiro atoms. The van der Waals surface area contributed by atoms with E-state index in [4.69, 9.17) is 4.42 Å². The molecule has 100 valence electrons. The van der Waals surface area contributed by atoms with Gasteiger partial charge in [0.1, 0.15) is 5.58 Å². The van der Waals surface area contributed by atoms with Gasteiger partial charge in [0.15, 0.2) is 0 Å². The van der Waals surface area contributed by atoms with Gasteiger partial charge in [0.25, 0.3) is 5.91 Å². The molecular formula is C15H17NO3. The first-order valence-corrected chi connectivity index (χ1v) is 6.17. The number of furan rings is 1. The van der Waals surface area contributed by atoms with Crippen molar-refractivity contribution >= 4 is 22.7 Å². The number of fused-ring (bicyclic) bond motifs is 1. The monoisotopic (exact) mass is 259 g/mol. The first kappa shape index (κ1) is 13.3. The lowest BCUT2D eigenvalue weighted by molar-refractivity contribution is -0.136. The normalized spacial score (nSPS) is 11.5. The first-order chi connectivity index (χ1) is 8.92. The Morgan fingerprint density at radius 1 is 1.26 bits per heavy atom. The molecular weight excluding hydrogens is 242 g/mol. The van der Waals surface area contributed by atoms with Crippen LogP contribution in [-0.2, 0) is 15.0 Å². The van der Waals surface area contributed by atoms with Crippen LogP contribution < -0.4 is 5.32 Å². The Hall–Kier alpha value is -2.10. The van der Waals surface area contributed by atoms with Gasteiger partial charge in [0, 0.05) is 29.8 Å². The minimum Gasteiger partial charge on any atom is -0.464 e. The highest BCUT2D eigenvalue weighted by molar-refractivity contribution is 6.35. The maximum atomic E-state index is 11.3. The molecule has 1 aromatic heterocycles. The van der Waals surface area contributed by atoms with Crippen LogP contribution >= 0.6 is 0 Å². The van der Waals surface area contributed by atoms with Crippen LogP contribution in [-0.4, -0.2) is 18.2 Å². The fourth-order valence-electron chi connectivity index (χ4n) is 2.02. The molecule has 1 heterocycles. The van der Waals surface area contributed by atoms with E-state index in [-0.39, 0.29) is 5.41 Å². The van der Waals surface area contributed by atoms with E-state index >= 15 is 0 Å². The van der Waals surface area contributed by atoms with E-state index in [0.717, 1.165) is 16.5 Å². The van der Waals surface area contributed by atoms with Gasteiger partial charge in [-0.1, -0.05) is 32.0 Å². The molecule has 19 heavy (non-hydrogen) atoms. The highest BCUT2D eigenvalue weighted by atomic mass is 16.3. The van der Waals surface area contributed by atoms with Gasteiger partial charge in [0.2, 0.25) is 5.78 Å². The van der Waals surface area contributed by atoms with Gasteiger partial charge in [-0.25, -0.2) is 0 Å². The van der Waals surface area contributed by atoms with Crippen LogP contribution in [0.4, 0.5) is 0 Å². The average molecular weight is 259 g/mol. The number of carbonyl (C=O) groups is 2. The third kappa shape index (κ3) is 2.67. The topological polar surface area (TPSA) is 59.3 Å². The molecule has 0 atom stereocenters. The van der Waals surface area contributed by atoms with E-state index < -0.39 is 11.7 Å². The minimum absolute atomic E-state index is 0.308. The highest BCUT2D eigenvalue weighted by Crippen LogP contribution is 2.31. The third-order valence-corrected chi connectivity index (χ3v) is 3.22. The Balaban J connectivity index is 2.24. The van der Waals surface area contributed by atoms with Gasteiger partial charge >= 0.3 is 0 Å². The van der Waals surface area contributed by atoms with E-state index in [2.05, 4.69) is 5.32 Å². The predicted molar refractivity (Wildman–Crippen MR) is 72.9 cm³/mol. The lowest BCUT2D eigenvalue weighted by atomic mass is 9.84. The SMILES string of the molecule is CC(=O)C(=O)NCC(C)(C)c1coc2ccccc12. The Bertz CT molecular complexity index is 625.